The summed E-state index contributed by atoms with van der Waals surface area (Å²) in [6, 6.07) is 4.13. The highest BCUT2D eigenvalue weighted by atomic mass is 79.9. The first-order valence-electron chi connectivity index (χ1n) is 3.38. The van der Waals surface area contributed by atoms with Crippen LogP contribution in [0.1, 0.15) is 4.88 Å². The first-order valence-corrected chi connectivity index (χ1v) is 4.99. The number of thiophene rings is 1. The van der Waals surface area contributed by atoms with E-state index in [-0.39, 0.29) is 6.73 Å². The topological polar surface area (TPSA) is 32.3 Å². The van der Waals surface area contributed by atoms with Crippen molar-refractivity contribution >= 4 is 27.3 Å². The van der Waals surface area contributed by atoms with E-state index in [1.807, 2.05) is 6.07 Å². The molecule has 0 radical (unpaired) electrons. The van der Waals surface area contributed by atoms with Crippen molar-refractivity contribution in [1.29, 1.82) is 0 Å². The van der Waals surface area contributed by atoms with Gasteiger partial charge in [0.25, 0.3) is 0 Å². The van der Waals surface area contributed by atoms with Gasteiger partial charge in [-0.3, -0.25) is 5.32 Å². The van der Waals surface area contributed by atoms with Gasteiger partial charge in [-0.05, 0) is 34.5 Å². The summed E-state index contributed by atoms with van der Waals surface area (Å²) in [4.78, 5) is 1.33. The quantitative estimate of drug-likeness (QED) is 0.614. The van der Waals surface area contributed by atoms with Crippen LogP contribution < -0.4 is 5.32 Å². The zero-order chi connectivity index (χ0) is 8.10. The zero-order valence-corrected chi connectivity index (χ0v) is 8.41. The first kappa shape index (κ1) is 9.19. The SMILES string of the molecule is OCNCCc1ccc(Br)s1. The molecule has 2 N–H and O–H groups in total. The van der Waals surface area contributed by atoms with Crippen molar-refractivity contribution in [1.82, 2.24) is 5.32 Å². The van der Waals surface area contributed by atoms with Crippen LogP contribution in [0.2, 0.25) is 0 Å². The lowest BCUT2D eigenvalue weighted by atomic mass is 10.3. The highest BCUT2D eigenvalue weighted by molar-refractivity contribution is 9.11. The van der Waals surface area contributed by atoms with Crippen molar-refractivity contribution in [3.05, 3.63) is 20.8 Å². The van der Waals surface area contributed by atoms with Gasteiger partial charge in [0.1, 0.15) is 0 Å². The van der Waals surface area contributed by atoms with Crippen LogP contribution in [-0.2, 0) is 6.42 Å². The predicted molar refractivity (Wildman–Crippen MR) is 50.8 cm³/mol. The second-order valence-corrected chi connectivity index (χ2v) is 4.66. The van der Waals surface area contributed by atoms with Crippen molar-refractivity contribution in [2.75, 3.05) is 13.3 Å². The van der Waals surface area contributed by atoms with Crippen LogP contribution in [0, 0.1) is 0 Å². The highest BCUT2D eigenvalue weighted by Crippen LogP contribution is 2.21. The molecular weight excluding hydrogens is 226 g/mol. The third kappa shape index (κ3) is 3.33. The summed E-state index contributed by atoms with van der Waals surface area (Å²) in [5.41, 5.74) is 0. The molecule has 1 rings (SSSR count). The zero-order valence-electron chi connectivity index (χ0n) is 6.01. The van der Waals surface area contributed by atoms with Crippen LogP contribution in [0.3, 0.4) is 0 Å². The van der Waals surface area contributed by atoms with Crippen LogP contribution in [-0.4, -0.2) is 18.4 Å². The van der Waals surface area contributed by atoms with Gasteiger partial charge in [0.15, 0.2) is 0 Å². The molecule has 11 heavy (non-hydrogen) atoms. The van der Waals surface area contributed by atoms with Gasteiger partial charge in [0.2, 0.25) is 0 Å². The maximum atomic E-state index is 8.43. The highest BCUT2D eigenvalue weighted by Gasteiger charge is 1.95. The van der Waals surface area contributed by atoms with Crippen molar-refractivity contribution in [2.45, 2.75) is 6.42 Å². The summed E-state index contributed by atoms with van der Waals surface area (Å²) in [6.45, 7) is 0.899. The van der Waals surface area contributed by atoms with Crippen molar-refractivity contribution in [2.24, 2.45) is 0 Å². The number of aliphatic hydroxyl groups excluding tert-OH is 1. The lowest BCUT2D eigenvalue weighted by Gasteiger charge is -1.96. The number of aliphatic hydroxyl groups is 1. The number of halogens is 1. The molecule has 0 aliphatic carbocycles. The van der Waals surface area contributed by atoms with E-state index in [0.717, 1.165) is 16.8 Å². The number of nitrogens with one attached hydrogen (secondary N) is 1. The van der Waals surface area contributed by atoms with Crippen molar-refractivity contribution < 1.29 is 5.11 Å². The van der Waals surface area contributed by atoms with Crippen LogP contribution in [0.5, 0.6) is 0 Å². The summed E-state index contributed by atoms with van der Waals surface area (Å²) < 4.78 is 1.16. The van der Waals surface area contributed by atoms with Crippen molar-refractivity contribution in [3.63, 3.8) is 0 Å². The molecule has 0 amide bonds. The van der Waals surface area contributed by atoms with E-state index < -0.39 is 0 Å². The lowest BCUT2D eigenvalue weighted by molar-refractivity contribution is 0.262. The molecule has 62 valence electrons. The minimum atomic E-state index is 0.0620. The third-order valence-corrected chi connectivity index (χ3v) is 2.97. The van der Waals surface area contributed by atoms with Gasteiger partial charge < -0.3 is 5.11 Å². The van der Waals surface area contributed by atoms with E-state index in [0.29, 0.717) is 0 Å². The van der Waals surface area contributed by atoms with E-state index in [1.54, 1.807) is 11.3 Å². The molecule has 2 nitrogen and oxygen atoms in total. The van der Waals surface area contributed by atoms with Gasteiger partial charge in [-0.2, -0.15) is 0 Å². The molecule has 0 atom stereocenters. The van der Waals surface area contributed by atoms with Gasteiger partial charge in [-0.15, -0.1) is 11.3 Å². The van der Waals surface area contributed by atoms with Gasteiger partial charge in [0, 0.05) is 11.4 Å². The molecule has 1 heterocycles. The fourth-order valence-electron chi connectivity index (χ4n) is 0.777. The Hall–Kier alpha value is 0.1000. The Bertz CT molecular complexity index is 214. The van der Waals surface area contributed by atoms with E-state index in [1.165, 1.54) is 4.88 Å². The molecule has 0 saturated carbocycles. The molecule has 0 unspecified atom stereocenters. The molecule has 0 aliphatic heterocycles. The summed E-state index contributed by atoms with van der Waals surface area (Å²) in [7, 11) is 0. The Morgan fingerprint density at radius 2 is 2.36 bits per heavy atom. The van der Waals surface area contributed by atoms with Crippen molar-refractivity contribution in [3.8, 4) is 0 Å². The maximum absolute atomic E-state index is 8.43. The van der Waals surface area contributed by atoms with E-state index in [9.17, 15) is 0 Å². The Balaban J connectivity index is 2.27. The smallest absolute Gasteiger partial charge is 0.0931 e. The second-order valence-electron chi connectivity index (χ2n) is 2.11. The lowest BCUT2D eigenvalue weighted by Crippen LogP contribution is -2.17. The Kier molecular flexibility index (Phi) is 4.07. The predicted octanol–water partition coefficient (Wildman–Crippen LogP) is 1.59. The third-order valence-electron chi connectivity index (χ3n) is 1.29. The molecular formula is C7H10BrNOS. The minimum Gasteiger partial charge on any atom is -0.381 e. The van der Waals surface area contributed by atoms with Crippen LogP contribution in [0.25, 0.3) is 0 Å². The Morgan fingerprint density at radius 1 is 1.55 bits per heavy atom. The summed E-state index contributed by atoms with van der Waals surface area (Å²) in [6.07, 6.45) is 0.983. The molecule has 0 bridgehead atoms. The van der Waals surface area contributed by atoms with Crippen LogP contribution in [0.4, 0.5) is 0 Å². The molecule has 0 fully saturated rings. The fourth-order valence-corrected chi connectivity index (χ4v) is 2.26. The molecule has 0 spiro atoms. The normalized spacial score (nSPS) is 10.4. The molecule has 4 heteroatoms. The largest absolute Gasteiger partial charge is 0.381 e. The summed E-state index contributed by atoms with van der Waals surface area (Å²) in [5, 5.41) is 11.3. The number of hydrogen-bond donors (Lipinski definition) is 2. The first-order chi connectivity index (χ1) is 5.33. The van der Waals surface area contributed by atoms with Gasteiger partial charge in [-0.25, -0.2) is 0 Å². The summed E-state index contributed by atoms with van der Waals surface area (Å²) in [5.74, 6) is 0. The average Bonchev–Trinajstić information content (AvgIpc) is 2.37. The van der Waals surface area contributed by atoms with Gasteiger partial charge in [0.05, 0.1) is 10.5 Å². The van der Waals surface area contributed by atoms with E-state index in [4.69, 9.17) is 5.11 Å². The number of hydrogen-bond acceptors (Lipinski definition) is 3. The maximum Gasteiger partial charge on any atom is 0.0931 e. The van der Waals surface area contributed by atoms with Gasteiger partial charge in [-0.1, -0.05) is 0 Å². The Labute approximate surface area is 78.4 Å². The molecule has 1 aromatic heterocycles. The minimum absolute atomic E-state index is 0.0620. The summed E-state index contributed by atoms with van der Waals surface area (Å²) >= 11 is 5.12. The molecule has 1 aromatic rings. The van der Waals surface area contributed by atoms with E-state index in [2.05, 4.69) is 27.3 Å². The van der Waals surface area contributed by atoms with Gasteiger partial charge >= 0.3 is 0 Å². The Morgan fingerprint density at radius 3 is 2.91 bits per heavy atom. The van der Waals surface area contributed by atoms with Crippen LogP contribution >= 0.6 is 27.3 Å². The molecule has 0 aliphatic rings. The fraction of sp³-hybridized carbons (Fsp3) is 0.429. The number of rotatable bonds is 4. The average molecular weight is 236 g/mol. The standard InChI is InChI=1S/C7H10BrNOS/c8-7-2-1-6(11-7)3-4-9-5-10/h1-2,9-10H,3-5H2. The second kappa shape index (κ2) is 4.87. The van der Waals surface area contributed by atoms with Crippen LogP contribution in [0.15, 0.2) is 15.9 Å². The molecule has 0 aromatic carbocycles. The monoisotopic (exact) mass is 235 g/mol. The molecule has 0 saturated heterocycles. The van der Waals surface area contributed by atoms with E-state index >= 15 is 0 Å².